The predicted octanol–water partition coefficient (Wildman–Crippen LogP) is 4.23. The fourth-order valence-electron chi connectivity index (χ4n) is 3.67. The van der Waals surface area contributed by atoms with Crippen molar-refractivity contribution in [1.29, 1.82) is 0 Å². The summed E-state index contributed by atoms with van der Waals surface area (Å²) < 4.78 is 0. The molecule has 1 aliphatic heterocycles. The second-order valence-electron chi connectivity index (χ2n) is 7.26. The molecule has 1 amide bonds. The fraction of sp³-hybridized carbons (Fsp3) is 0.167. The van der Waals surface area contributed by atoms with E-state index in [1.165, 1.54) is 11.3 Å². The molecular weight excluding hydrogens is 406 g/mol. The number of nitrogens with zero attached hydrogens (tertiary/aromatic N) is 5. The summed E-state index contributed by atoms with van der Waals surface area (Å²) in [5.41, 5.74) is 2.73. The molecule has 1 saturated heterocycles. The van der Waals surface area contributed by atoms with Crippen molar-refractivity contribution in [2.75, 3.05) is 31.1 Å². The van der Waals surface area contributed by atoms with Crippen molar-refractivity contribution in [2.24, 2.45) is 0 Å². The van der Waals surface area contributed by atoms with Gasteiger partial charge in [-0.3, -0.25) is 4.79 Å². The minimum atomic E-state index is 0.0344. The van der Waals surface area contributed by atoms with Crippen LogP contribution in [0.3, 0.4) is 0 Å². The van der Waals surface area contributed by atoms with Crippen molar-refractivity contribution in [2.45, 2.75) is 0 Å². The van der Waals surface area contributed by atoms with E-state index in [9.17, 15) is 4.79 Å². The van der Waals surface area contributed by atoms with E-state index < -0.39 is 0 Å². The molecule has 2 aromatic carbocycles. The van der Waals surface area contributed by atoms with E-state index in [1.54, 1.807) is 12.4 Å². The highest BCUT2D eigenvalue weighted by atomic mass is 32.1. The second-order valence-corrected chi connectivity index (χ2v) is 8.26. The molecule has 0 spiro atoms. The first-order valence-electron chi connectivity index (χ1n) is 10.2. The van der Waals surface area contributed by atoms with Crippen LogP contribution in [0.25, 0.3) is 21.8 Å². The Morgan fingerprint density at radius 3 is 2.03 bits per heavy atom. The lowest BCUT2D eigenvalue weighted by Crippen LogP contribution is -2.49. The van der Waals surface area contributed by atoms with Crippen LogP contribution < -0.4 is 4.90 Å². The van der Waals surface area contributed by atoms with Crippen molar-refractivity contribution in [3.8, 4) is 21.8 Å². The van der Waals surface area contributed by atoms with Gasteiger partial charge in [-0.15, -0.1) is 11.3 Å². The topological polar surface area (TPSA) is 62.2 Å². The number of rotatable bonds is 4. The molecule has 5 rings (SSSR count). The first kappa shape index (κ1) is 19.4. The smallest absolute Gasteiger partial charge is 0.266 e. The first-order chi connectivity index (χ1) is 15.3. The molecule has 0 saturated carbocycles. The molecule has 0 aliphatic carbocycles. The monoisotopic (exact) mass is 427 g/mol. The Labute approximate surface area is 184 Å². The van der Waals surface area contributed by atoms with Crippen molar-refractivity contribution >= 4 is 23.2 Å². The zero-order chi connectivity index (χ0) is 21.0. The third-order valence-electron chi connectivity index (χ3n) is 5.29. The SMILES string of the molecule is O=C(c1sc(-c2ccccc2)nc1-c1ccccc1)N1CCN(c2ncccn2)CC1. The van der Waals surface area contributed by atoms with E-state index in [4.69, 9.17) is 4.98 Å². The summed E-state index contributed by atoms with van der Waals surface area (Å²) in [5.74, 6) is 0.746. The highest BCUT2D eigenvalue weighted by Gasteiger charge is 2.28. The quantitative estimate of drug-likeness (QED) is 0.488. The van der Waals surface area contributed by atoms with E-state index in [0.29, 0.717) is 37.0 Å². The molecule has 0 atom stereocenters. The van der Waals surface area contributed by atoms with Gasteiger partial charge in [-0.2, -0.15) is 0 Å². The van der Waals surface area contributed by atoms with Crippen molar-refractivity contribution < 1.29 is 4.79 Å². The molecule has 0 unspecified atom stereocenters. The molecule has 31 heavy (non-hydrogen) atoms. The summed E-state index contributed by atoms with van der Waals surface area (Å²) in [5, 5.41) is 0.860. The second kappa shape index (κ2) is 8.65. The Balaban J connectivity index is 1.42. The standard InChI is InChI=1S/C24H21N5OS/c30-23(28-14-16-29(17-15-28)24-25-12-7-13-26-24)21-20(18-8-3-1-4-9-18)27-22(31-21)19-10-5-2-6-11-19/h1-13H,14-17H2. The van der Waals surface area contributed by atoms with E-state index >= 15 is 0 Å². The predicted molar refractivity (Wildman–Crippen MR) is 123 cm³/mol. The zero-order valence-corrected chi connectivity index (χ0v) is 17.7. The number of aromatic nitrogens is 3. The first-order valence-corrected chi connectivity index (χ1v) is 11.0. The minimum Gasteiger partial charge on any atom is -0.337 e. The van der Waals surface area contributed by atoms with Crippen LogP contribution in [0.1, 0.15) is 9.67 Å². The van der Waals surface area contributed by atoms with Crippen LogP contribution in [0.15, 0.2) is 79.1 Å². The van der Waals surface area contributed by atoms with Crippen LogP contribution in [0.2, 0.25) is 0 Å². The van der Waals surface area contributed by atoms with Crippen LogP contribution in [0.4, 0.5) is 5.95 Å². The molecule has 1 aliphatic rings. The van der Waals surface area contributed by atoms with Crippen LogP contribution in [-0.2, 0) is 0 Å². The molecule has 3 heterocycles. The number of piperazine rings is 1. The van der Waals surface area contributed by atoms with Gasteiger partial charge in [0.15, 0.2) is 0 Å². The summed E-state index contributed by atoms with van der Waals surface area (Å²) in [7, 11) is 0. The largest absolute Gasteiger partial charge is 0.337 e. The normalized spacial score (nSPS) is 13.9. The van der Waals surface area contributed by atoms with Gasteiger partial charge in [-0.1, -0.05) is 60.7 Å². The molecule has 1 fully saturated rings. The van der Waals surface area contributed by atoms with E-state index in [1.807, 2.05) is 71.6 Å². The van der Waals surface area contributed by atoms with Crippen LogP contribution in [0.5, 0.6) is 0 Å². The van der Waals surface area contributed by atoms with Crippen LogP contribution in [0, 0.1) is 0 Å². The number of amides is 1. The summed E-state index contributed by atoms with van der Waals surface area (Å²) in [6.07, 6.45) is 3.49. The van der Waals surface area contributed by atoms with Gasteiger partial charge in [-0.25, -0.2) is 15.0 Å². The minimum absolute atomic E-state index is 0.0344. The zero-order valence-electron chi connectivity index (χ0n) is 16.9. The summed E-state index contributed by atoms with van der Waals surface area (Å²) in [6.45, 7) is 2.68. The number of carbonyl (C=O) groups excluding carboxylic acids is 1. The lowest BCUT2D eigenvalue weighted by molar-refractivity contribution is 0.0751. The van der Waals surface area contributed by atoms with Gasteiger partial charge >= 0.3 is 0 Å². The Morgan fingerprint density at radius 1 is 0.774 bits per heavy atom. The average molecular weight is 428 g/mol. The molecular formula is C24H21N5OS. The van der Waals surface area contributed by atoms with Gasteiger partial charge in [0.2, 0.25) is 5.95 Å². The van der Waals surface area contributed by atoms with Gasteiger partial charge in [0.25, 0.3) is 5.91 Å². The third kappa shape index (κ3) is 4.04. The number of carbonyl (C=O) groups is 1. The Kier molecular flexibility index (Phi) is 5.41. The lowest BCUT2D eigenvalue weighted by Gasteiger charge is -2.34. The average Bonchev–Trinajstić information content (AvgIpc) is 3.31. The number of benzene rings is 2. The van der Waals surface area contributed by atoms with Gasteiger partial charge < -0.3 is 9.80 Å². The third-order valence-corrected chi connectivity index (χ3v) is 6.38. The van der Waals surface area contributed by atoms with Gasteiger partial charge in [0, 0.05) is 49.7 Å². The van der Waals surface area contributed by atoms with Crippen LogP contribution >= 0.6 is 11.3 Å². The van der Waals surface area contributed by atoms with E-state index in [-0.39, 0.29) is 5.91 Å². The molecule has 2 aromatic heterocycles. The highest BCUT2D eigenvalue weighted by molar-refractivity contribution is 7.17. The Hall–Kier alpha value is -3.58. The highest BCUT2D eigenvalue weighted by Crippen LogP contribution is 2.34. The molecule has 0 bridgehead atoms. The maximum absolute atomic E-state index is 13.5. The fourth-order valence-corrected chi connectivity index (χ4v) is 4.73. The van der Waals surface area contributed by atoms with E-state index in [2.05, 4.69) is 14.9 Å². The lowest BCUT2D eigenvalue weighted by atomic mass is 10.1. The molecule has 0 radical (unpaired) electrons. The summed E-state index contributed by atoms with van der Waals surface area (Å²) in [6, 6.07) is 21.8. The van der Waals surface area contributed by atoms with Gasteiger partial charge in [0.05, 0.1) is 5.69 Å². The number of thiazole rings is 1. The molecule has 6 nitrogen and oxygen atoms in total. The van der Waals surface area contributed by atoms with Gasteiger partial charge in [0.1, 0.15) is 9.88 Å². The molecule has 154 valence electrons. The van der Waals surface area contributed by atoms with Gasteiger partial charge in [-0.05, 0) is 6.07 Å². The van der Waals surface area contributed by atoms with Crippen LogP contribution in [-0.4, -0.2) is 51.9 Å². The maximum atomic E-state index is 13.5. The molecule has 4 aromatic rings. The Bertz CT molecular complexity index is 1160. The van der Waals surface area contributed by atoms with Crippen molar-refractivity contribution in [3.63, 3.8) is 0 Å². The van der Waals surface area contributed by atoms with E-state index in [0.717, 1.165) is 21.8 Å². The molecule has 0 N–H and O–H groups in total. The number of hydrogen-bond acceptors (Lipinski definition) is 6. The van der Waals surface area contributed by atoms with Crippen molar-refractivity contribution in [3.05, 3.63) is 84.0 Å². The number of anilines is 1. The summed E-state index contributed by atoms with van der Waals surface area (Å²) in [4.78, 5) is 31.8. The summed E-state index contributed by atoms with van der Waals surface area (Å²) >= 11 is 1.47. The maximum Gasteiger partial charge on any atom is 0.266 e. The Morgan fingerprint density at radius 2 is 1.39 bits per heavy atom. The van der Waals surface area contributed by atoms with Crippen molar-refractivity contribution in [1.82, 2.24) is 19.9 Å². The molecule has 7 heteroatoms. The number of hydrogen-bond donors (Lipinski definition) is 0.